The number of rotatable bonds is 10. The van der Waals surface area contributed by atoms with Crippen LogP contribution in [0.15, 0.2) is 48.5 Å². The van der Waals surface area contributed by atoms with Crippen molar-refractivity contribution in [2.45, 2.75) is 32.6 Å². The maximum atomic E-state index is 13.1. The second kappa shape index (κ2) is 11.9. The number of anilines is 1. The number of nitrogens with one attached hydrogen (secondary N) is 1. The first-order valence-electron chi connectivity index (χ1n) is 11.9. The van der Waals surface area contributed by atoms with Crippen molar-refractivity contribution in [3.8, 4) is 23.1 Å². The zero-order chi connectivity index (χ0) is 27.2. The predicted molar refractivity (Wildman–Crippen MR) is 146 cm³/mol. The van der Waals surface area contributed by atoms with Crippen LogP contribution in [0.4, 0.5) is 5.69 Å². The van der Waals surface area contributed by atoms with Gasteiger partial charge in [-0.25, -0.2) is 4.79 Å². The average molecular weight is 520 g/mol. The largest absolute Gasteiger partial charge is 0.468 e. The first-order valence-corrected chi connectivity index (χ1v) is 15.7. The fourth-order valence-electron chi connectivity index (χ4n) is 3.68. The fourth-order valence-corrected chi connectivity index (χ4v) is 4.44. The molecule has 3 aromatic rings. The number of benzene rings is 2. The normalized spacial score (nSPS) is 11.1. The van der Waals surface area contributed by atoms with Crippen molar-refractivity contribution in [2.75, 3.05) is 25.8 Å². The van der Waals surface area contributed by atoms with Crippen LogP contribution in [-0.4, -0.2) is 45.0 Å². The molecule has 1 amide bonds. The molecule has 1 heterocycles. The van der Waals surface area contributed by atoms with Gasteiger partial charge in [-0.15, -0.1) is 0 Å². The summed E-state index contributed by atoms with van der Waals surface area (Å²) in [4.78, 5) is 25.5. The Morgan fingerprint density at radius 3 is 2.38 bits per heavy atom. The molecule has 0 spiro atoms. The molecular formula is C28H33N3O5Si. The van der Waals surface area contributed by atoms with E-state index < -0.39 is 14.0 Å². The molecule has 0 radical (unpaired) electrons. The van der Waals surface area contributed by atoms with E-state index in [0.717, 1.165) is 6.04 Å². The third-order valence-corrected chi connectivity index (χ3v) is 7.73. The number of ether oxygens (including phenoxy) is 3. The zero-order valence-electron chi connectivity index (χ0n) is 22.2. The number of amides is 1. The number of nitrogens with zero attached hydrogens (tertiary/aromatic N) is 2. The van der Waals surface area contributed by atoms with Crippen molar-refractivity contribution in [2.24, 2.45) is 7.05 Å². The molecule has 9 heteroatoms. The summed E-state index contributed by atoms with van der Waals surface area (Å²) < 4.78 is 17.9. The molecule has 1 N–H and O–H groups in total. The van der Waals surface area contributed by atoms with Gasteiger partial charge in [0.1, 0.15) is 5.75 Å². The molecule has 2 aromatic carbocycles. The van der Waals surface area contributed by atoms with E-state index in [9.17, 15) is 14.9 Å². The summed E-state index contributed by atoms with van der Waals surface area (Å²) in [6, 6.07) is 16.7. The summed E-state index contributed by atoms with van der Waals surface area (Å²) in [7, 11) is 1.97. The molecule has 0 saturated heterocycles. The summed E-state index contributed by atoms with van der Waals surface area (Å²) in [6.45, 7) is 9.59. The van der Waals surface area contributed by atoms with Gasteiger partial charge < -0.3 is 24.1 Å². The second-order valence-electron chi connectivity index (χ2n) is 9.91. The van der Waals surface area contributed by atoms with Crippen LogP contribution in [-0.2, 0) is 16.5 Å². The highest BCUT2D eigenvalue weighted by Crippen LogP contribution is 2.30. The van der Waals surface area contributed by atoms with Crippen LogP contribution < -0.4 is 10.1 Å². The third kappa shape index (κ3) is 7.09. The number of methoxy groups -OCH3 is 1. The Kier molecular flexibility index (Phi) is 8.92. The number of hydrogen-bond acceptors (Lipinski definition) is 6. The lowest BCUT2D eigenvalue weighted by Crippen LogP contribution is -2.22. The number of carbonyl (C=O) groups is 2. The highest BCUT2D eigenvalue weighted by molar-refractivity contribution is 6.76. The number of aromatic nitrogens is 1. The van der Waals surface area contributed by atoms with Crippen LogP contribution in [0.3, 0.4) is 0 Å². The topological polar surface area (TPSA) is 103 Å². The molecule has 0 unspecified atom stereocenters. The molecule has 0 aliphatic heterocycles. The van der Waals surface area contributed by atoms with Crippen molar-refractivity contribution in [3.63, 3.8) is 0 Å². The minimum Gasteiger partial charge on any atom is -0.468 e. The number of esters is 1. The van der Waals surface area contributed by atoms with Crippen LogP contribution in [0.5, 0.6) is 5.75 Å². The molecule has 0 aliphatic carbocycles. The van der Waals surface area contributed by atoms with E-state index in [0.29, 0.717) is 51.7 Å². The van der Waals surface area contributed by atoms with Crippen molar-refractivity contribution < 1.29 is 23.8 Å². The average Bonchev–Trinajstić information content (AvgIpc) is 3.17. The van der Waals surface area contributed by atoms with Crippen LogP contribution in [0.25, 0.3) is 11.3 Å². The lowest BCUT2D eigenvalue weighted by molar-refractivity contribution is 0.0220. The molecule has 3 rings (SSSR count). The van der Waals surface area contributed by atoms with Gasteiger partial charge in [0, 0.05) is 44.4 Å². The first kappa shape index (κ1) is 27.7. The lowest BCUT2D eigenvalue weighted by Gasteiger charge is -2.15. The summed E-state index contributed by atoms with van der Waals surface area (Å²) in [5.74, 6) is -0.163. The lowest BCUT2D eigenvalue weighted by atomic mass is 10.0. The summed E-state index contributed by atoms with van der Waals surface area (Å²) >= 11 is 0. The van der Waals surface area contributed by atoms with Crippen molar-refractivity contribution >= 4 is 25.6 Å². The van der Waals surface area contributed by atoms with Crippen LogP contribution in [0.1, 0.15) is 32.0 Å². The Morgan fingerprint density at radius 1 is 1.05 bits per heavy atom. The van der Waals surface area contributed by atoms with Crippen LogP contribution >= 0.6 is 0 Å². The Morgan fingerprint density at radius 2 is 1.76 bits per heavy atom. The Balaban J connectivity index is 1.73. The minimum atomic E-state index is -1.13. The Bertz CT molecular complexity index is 1320. The molecule has 37 heavy (non-hydrogen) atoms. The highest BCUT2D eigenvalue weighted by atomic mass is 28.3. The summed E-state index contributed by atoms with van der Waals surface area (Å²) in [6.07, 6.45) is 0. The van der Waals surface area contributed by atoms with E-state index in [1.165, 1.54) is 7.11 Å². The molecule has 8 nitrogen and oxygen atoms in total. The zero-order valence-corrected chi connectivity index (χ0v) is 23.2. The summed E-state index contributed by atoms with van der Waals surface area (Å²) in [5.41, 5.74) is 3.63. The van der Waals surface area contributed by atoms with Crippen molar-refractivity contribution in [1.82, 2.24) is 4.57 Å². The maximum absolute atomic E-state index is 13.1. The van der Waals surface area contributed by atoms with E-state index in [4.69, 9.17) is 14.2 Å². The minimum absolute atomic E-state index is 0.183. The van der Waals surface area contributed by atoms with Crippen molar-refractivity contribution in [3.05, 3.63) is 70.9 Å². The van der Waals surface area contributed by atoms with Gasteiger partial charge in [0.2, 0.25) is 0 Å². The van der Waals surface area contributed by atoms with E-state index in [1.807, 2.05) is 11.5 Å². The molecule has 0 aliphatic rings. The quantitative estimate of drug-likeness (QED) is 0.162. The van der Waals surface area contributed by atoms with Gasteiger partial charge >= 0.3 is 5.97 Å². The van der Waals surface area contributed by atoms with Crippen LogP contribution in [0.2, 0.25) is 25.7 Å². The van der Waals surface area contributed by atoms with E-state index >= 15 is 0 Å². The van der Waals surface area contributed by atoms with Gasteiger partial charge in [-0.2, -0.15) is 5.26 Å². The molecule has 0 bridgehead atoms. The van der Waals surface area contributed by atoms with E-state index in [-0.39, 0.29) is 12.7 Å². The predicted octanol–water partition coefficient (Wildman–Crippen LogP) is 5.60. The van der Waals surface area contributed by atoms with Gasteiger partial charge in [-0.05, 0) is 61.5 Å². The molecule has 0 fully saturated rings. The number of carbonyl (C=O) groups excluding carboxylic acids is 2. The number of nitriles is 1. The van der Waals surface area contributed by atoms with Gasteiger partial charge in [-0.3, -0.25) is 4.79 Å². The van der Waals surface area contributed by atoms with Gasteiger partial charge in [-0.1, -0.05) is 19.6 Å². The molecular weight excluding hydrogens is 486 g/mol. The smallest absolute Gasteiger partial charge is 0.338 e. The van der Waals surface area contributed by atoms with Gasteiger partial charge in [0.25, 0.3) is 5.91 Å². The Labute approximate surface area is 218 Å². The fraction of sp³-hybridized carbons (Fsp3) is 0.321. The maximum Gasteiger partial charge on any atom is 0.338 e. The van der Waals surface area contributed by atoms with Gasteiger partial charge in [0.15, 0.2) is 6.79 Å². The van der Waals surface area contributed by atoms with Crippen molar-refractivity contribution in [1.29, 1.82) is 5.26 Å². The third-order valence-electron chi connectivity index (χ3n) is 6.03. The SMILES string of the molecule is COC(=O)c1ccc(C#N)cc1-c1cc(C(=O)Nc2ccc(OCOCC[Si](C)(C)C)cc2)c(C)n1C. The number of hydrogen-bond donors (Lipinski definition) is 1. The van der Waals surface area contributed by atoms with Crippen LogP contribution in [0, 0.1) is 18.3 Å². The molecule has 1 aromatic heterocycles. The first-order chi connectivity index (χ1) is 17.5. The summed E-state index contributed by atoms with van der Waals surface area (Å²) in [5, 5.41) is 12.2. The van der Waals surface area contributed by atoms with E-state index in [2.05, 4.69) is 31.0 Å². The highest BCUT2D eigenvalue weighted by Gasteiger charge is 2.21. The Hall–Kier alpha value is -3.87. The monoisotopic (exact) mass is 519 g/mol. The molecule has 0 saturated carbocycles. The van der Waals surface area contributed by atoms with E-state index in [1.54, 1.807) is 55.6 Å². The second-order valence-corrected chi connectivity index (χ2v) is 15.5. The van der Waals surface area contributed by atoms with Gasteiger partial charge in [0.05, 0.1) is 29.9 Å². The molecule has 194 valence electrons. The standard InChI is InChI=1S/C28H33N3O5Si/c1-19-24(16-26(31(19)2)25-15-20(17-29)7-12-23(25)28(33)34-3)27(32)30-21-8-10-22(11-9-21)36-18-35-13-14-37(4,5)6/h7-12,15-16H,13-14,18H2,1-6H3,(H,30,32). The molecule has 0 atom stereocenters.